The van der Waals surface area contributed by atoms with Crippen LogP contribution in [-0.2, 0) is 17.0 Å². The Balaban J connectivity index is 1.41. The van der Waals surface area contributed by atoms with Crippen LogP contribution >= 0.6 is 23.4 Å². The normalized spacial score (nSPS) is 17.2. The minimum Gasteiger partial charge on any atom is -0.376 e. The van der Waals surface area contributed by atoms with Crippen molar-refractivity contribution in [3.8, 4) is 11.4 Å². The highest BCUT2D eigenvalue weighted by atomic mass is 35.5. The van der Waals surface area contributed by atoms with Gasteiger partial charge in [0.2, 0.25) is 16.9 Å². The zero-order valence-electron chi connectivity index (χ0n) is 13.2. The molecule has 1 aliphatic heterocycles. The second-order valence-electron chi connectivity index (χ2n) is 5.56. The molecule has 0 amide bonds. The van der Waals surface area contributed by atoms with E-state index in [0.717, 1.165) is 25.0 Å². The SMILES string of the molecule is Clc1ccccc1-c1noc(CSc2nnnn2C[C@@H]2CCCO2)n1. The summed E-state index contributed by atoms with van der Waals surface area (Å²) in [5.74, 6) is 1.44. The first-order valence-corrected chi connectivity index (χ1v) is 9.24. The fourth-order valence-corrected chi connectivity index (χ4v) is 3.53. The number of aromatic nitrogens is 6. The average Bonchev–Trinajstić information content (AvgIpc) is 3.36. The Bertz CT molecular complexity index is 848. The molecule has 130 valence electrons. The smallest absolute Gasteiger partial charge is 0.237 e. The van der Waals surface area contributed by atoms with E-state index in [2.05, 4.69) is 25.7 Å². The maximum Gasteiger partial charge on any atom is 0.237 e. The molecule has 3 heterocycles. The third-order valence-corrected chi connectivity index (χ3v) is 5.08. The Morgan fingerprint density at radius 3 is 3.08 bits per heavy atom. The second-order valence-corrected chi connectivity index (χ2v) is 6.91. The van der Waals surface area contributed by atoms with E-state index in [9.17, 15) is 0 Å². The highest BCUT2D eigenvalue weighted by Crippen LogP contribution is 2.26. The van der Waals surface area contributed by atoms with Gasteiger partial charge in [-0.15, -0.1) is 5.10 Å². The standard InChI is InChI=1S/C15H15ClN6O2S/c16-12-6-2-1-5-11(12)14-17-13(24-19-14)9-25-15-18-20-21-22(15)8-10-4-3-7-23-10/h1-2,5-6,10H,3-4,7-9H2/t10-/m0/s1. The van der Waals surface area contributed by atoms with E-state index in [1.54, 1.807) is 10.7 Å². The molecule has 1 aliphatic rings. The van der Waals surface area contributed by atoms with Crippen molar-refractivity contribution in [1.29, 1.82) is 0 Å². The predicted octanol–water partition coefficient (Wildman–Crippen LogP) is 2.85. The number of ether oxygens (including phenoxy) is 1. The van der Waals surface area contributed by atoms with E-state index in [1.807, 2.05) is 18.2 Å². The Morgan fingerprint density at radius 1 is 1.32 bits per heavy atom. The second kappa shape index (κ2) is 7.51. The van der Waals surface area contributed by atoms with Crippen LogP contribution in [0.5, 0.6) is 0 Å². The summed E-state index contributed by atoms with van der Waals surface area (Å²) in [5, 5.41) is 17.1. The number of thioether (sulfide) groups is 1. The maximum absolute atomic E-state index is 6.16. The fourth-order valence-electron chi connectivity index (χ4n) is 2.59. The molecule has 0 saturated carbocycles. The van der Waals surface area contributed by atoms with Gasteiger partial charge in [0, 0.05) is 12.2 Å². The molecule has 4 rings (SSSR count). The van der Waals surface area contributed by atoms with Crippen LogP contribution in [0.4, 0.5) is 0 Å². The van der Waals surface area contributed by atoms with Crippen LogP contribution in [-0.4, -0.2) is 43.1 Å². The Morgan fingerprint density at radius 2 is 2.24 bits per heavy atom. The van der Waals surface area contributed by atoms with Crippen molar-refractivity contribution in [3.05, 3.63) is 35.2 Å². The van der Waals surface area contributed by atoms with Crippen molar-refractivity contribution in [2.24, 2.45) is 0 Å². The molecule has 1 atom stereocenters. The summed E-state index contributed by atoms with van der Waals surface area (Å²) in [5.41, 5.74) is 0.743. The van der Waals surface area contributed by atoms with Crippen LogP contribution in [0.25, 0.3) is 11.4 Å². The summed E-state index contributed by atoms with van der Waals surface area (Å²) in [6.45, 7) is 1.46. The third-order valence-electron chi connectivity index (χ3n) is 3.81. The van der Waals surface area contributed by atoms with Gasteiger partial charge in [0.25, 0.3) is 0 Å². The van der Waals surface area contributed by atoms with Crippen LogP contribution in [0.15, 0.2) is 33.9 Å². The van der Waals surface area contributed by atoms with Crippen molar-refractivity contribution in [1.82, 2.24) is 30.3 Å². The van der Waals surface area contributed by atoms with Gasteiger partial charge in [-0.2, -0.15) is 4.98 Å². The van der Waals surface area contributed by atoms with E-state index in [-0.39, 0.29) is 6.10 Å². The van der Waals surface area contributed by atoms with Gasteiger partial charge in [-0.25, -0.2) is 4.68 Å². The molecule has 0 aliphatic carbocycles. The van der Waals surface area contributed by atoms with Gasteiger partial charge in [0.05, 0.1) is 23.4 Å². The lowest BCUT2D eigenvalue weighted by Crippen LogP contribution is -2.16. The number of rotatable bonds is 6. The number of tetrazole rings is 1. The summed E-state index contributed by atoms with van der Waals surface area (Å²) in [6.07, 6.45) is 2.30. The van der Waals surface area contributed by atoms with E-state index in [0.29, 0.717) is 34.2 Å². The highest BCUT2D eigenvalue weighted by Gasteiger charge is 2.19. The lowest BCUT2D eigenvalue weighted by Gasteiger charge is -2.09. The van der Waals surface area contributed by atoms with E-state index < -0.39 is 0 Å². The number of benzene rings is 1. The number of hydrogen-bond acceptors (Lipinski definition) is 8. The van der Waals surface area contributed by atoms with Gasteiger partial charge in [0.1, 0.15) is 0 Å². The van der Waals surface area contributed by atoms with Gasteiger partial charge in [-0.05, 0) is 35.4 Å². The topological polar surface area (TPSA) is 91.8 Å². The van der Waals surface area contributed by atoms with Gasteiger partial charge in [-0.3, -0.25) is 0 Å². The molecule has 1 fully saturated rings. The maximum atomic E-state index is 6.16. The first-order chi connectivity index (χ1) is 12.3. The van der Waals surface area contributed by atoms with Crippen LogP contribution in [0.2, 0.25) is 5.02 Å². The van der Waals surface area contributed by atoms with E-state index >= 15 is 0 Å². The predicted molar refractivity (Wildman–Crippen MR) is 91.1 cm³/mol. The monoisotopic (exact) mass is 378 g/mol. The lowest BCUT2D eigenvalue weighted by molar-refractivity contribution is 0.0912. The molecule has 0 N–H and O–H groups in total. The summed E-state index contributed by atoms with van der Waals surface area (Å²) in [7, 11) is 0. The van der Waals surface area contributed by atoms with Crippen molar-refractivity contribution < 1.29 is 9.26 Å². The molecular weight excluding hydrogens is 364 g/mol. The van der Waals surface area contributed by atoms with Crippen molar-refractivity contribution in [3.63, 3.8) is 0 Å². The third kappa shape index (κ3) is 3.83. The largest absolute Gasteiger partial charge is 0.376 e. The highest BCUT2D eigenvalue weighted by molar-refractivity contribution is 7.98. The molecule has 0 unspecified atom stereocenters. The Labute approximate surface area is 152 Å². The van der Waals surface area contributed by atoms with Gasteiger partial charge < -0.3 is 9.26 Å². The molecule has 25 heavy (non-hydrogen) atoms. The zero-order valence-corrected chi connectivity index (χ0v) is 14.8. The summed E-state index contributed by atoms with van der Waals surface area (Å²) >= 11 is 7.60. The quantitative estimate of drug-likeness (QED) is 0.604. The van der Waals surface area contributed by atoms with Crippen molar-refractivity contribution in [2.45, 2.75) is 36.4 Å². The zero-order chi connectivity index (χ0) is 17.1. The molecule has 10 heteroatoms. The molecule has 0 bridgehead atoms. The summed E-state index contributed by atoms with van der Waals surface area (Å²) in [6, 6.07) is 7.38. The molecule has 2 aromatic heterocycles. The number of hydrogen-bond donors (Lipinski definition) is 0. The molecular formula is C15H15ClN6O2S. The summed E-state index contributed by atoms with van der Waals surface area (Å²) < 4.78 is 12.7. The molecule has 3 aromatic rings. The molecule has 8 nitrogen and oxygen atoms in total. The lowest BCUT2D eigenvalue weighted by atomic mass is 10.2. The molecule has 0 radical (unpaired) electrons. The molecule has 0 spiro atoms. The summed E-state index contributed by atoms with van der Waals surface area (Å²) in [4.78, 5) is 4.39. The van der Waals surface area contributed by atoms with Crippen molar-refractivity contribution >= 4 is 23.4 Å². The minimum absolute atomic E-state index is 0.179. The van der Waals surface area contributed by atoms with Gasteiger partial charge in [0.15, 0.2) is 0 Å². The fraction of sp³-hybridized carbons (Fsp3) is 0.400. The van der Waals surface area contributed by atoms with Crippen molar-refractivity contribution in [2.75, 3.05) is 6.61 Å². The van der Waals surface area contributed by atoms with Gasteiger partial charge in [-0.1, -0.05) is 40.7 Å². The number of halogens is 1. The Hall–Kier alpha value is -1.97. The van der Waals surface area contributed by atoms with Crippen LogP contribution in [0, 0.1) is 0 Å². The van der Waals surface area contributed by atoms with E-state index in [1.165, 1.54) is 11.8 Å². The first kappa shape index (κ1) is 16.5. The molecule has 1 saturated heterocycles. The van der Waals surface area contributed by atoms with Gasteiger partial charge >= 0.3 is 0 Å². The van der Waals surface area contributed by atoms with Crippen LogP contribution in [0.3, 0.4) is 0 Å². The molecule has 1 aromatic carbocycles. The number of nitrogens with zero attached hydrogens (tertiary/aromatic N) is 6. The first-order valence-electron chi connectivity index (χ1n) is 7.87. The van der Waals surface area contributed by atoms with Crippen LogP contribution < -0.4 is 0 Å². The minimum atomic E-state index is 0.179. The Kier molecular flexibility index (Phi) is 4.95. The van der Waals surface area contributed by atoms with E-state index in [4.69, 9.17) is 20.9 Å². The van der Waals surface area contributed by atoms with Crippen LogP contribution in [0.1, 0.15) is 18.7 Å². The average molecular weight is 379 g/mol.